The average Bonchev–Trinajstić information content (AvgIpc) is 3.73. The summed E-state index contributed by atoms with van der Waals surface area (Å²) in [4.78, 5) is 15.2. The maximum atomic E-state index is 13.2. The SMILES string of the molecule is Cc1cc(-c2nn[nH]n2)ccc1CC1CCN(C(=O)CCc2c(C)nn(-c3ccc4nnc(C)n4n3)c2C)C1. The first kappa shape index (κ1) is 24.8. The van der Waals surface area contributed by atoms with Gasteiger partial charge in [-0.3, -0.25) is 4.79 Å². The van der Waals surface area contributed by atoms with Crippen LogP contribution in [0.25, 0.3) is 22.9 Å². The van der Waals surface area contributed by atoms with Crippen LogP contribution < -0.4 is 0 Å². The highest BCUT2D eigenvalue weighted by atomic mass is 16.2. The number of H-pyrrole nitrogens is 1. The van der Waals surface area contributed by atoms with E-state index in [-0.39, 0.29) is 5.91 Å². The Labute approximate surface area is 225 Å². The van der Waals surface area contributed by atoms with Gasteiger partial charge in [0.25, 0.3) is 0 Å². The fourth-order valence-electron chi connectivity index (χ4n) is 5.53. The Morgan fingerprint density at radius 3 is 2.72 bits per heavy atom. The van der Waals surface area contributed by atoms with Gasteiger partial charge in [-0.15, -0.1) is 25.5 Å². The number of nitrogens with zero attached hydrogens (tertiary/aromatic N) is 10. The second-order valence-electron chi connectivity index (χ2n) is 10.3. The van der Waals surface area contributed by atoms with E-state index in [4.69, 9.17) is 5.10 Å². The van der Waals surface area contributed by atoms with Gasteiger partial charge in [-0.2, -0.15) is 14.8 Å². The van der Waals surface area contributed by atoms with Crippen molar-refractivity contribution in [1.29, 1.82) is 0 Å². The number of tetrazole rings is 1. The van der Waals surface area contributed by atoms with Crippen LogP contribution in [-0.2, 0) is 17.6 Å². The fraction of sp³-hybridized carbons (Fsp3) is 0.407. The molecule has 1 atom stereocenters. The van der Waals surface area contributed by atoms with E-state index in [0.717, 1.165) is 54.3 Å². The molecule has 12 nitrogen and oxygen atoms in total. The summed E-state index contributed by atoms with van der Waals surface area (Å²) in [7, 11) is 0. The van der Waals surface area contributed by atoms with Crippen LogP contribution in [0.1, 0.15) is 46.7 Å². The highest BCUT2D eigenvalue weighted by Gasteiger charge is 2.27. The minimum absolute atomic E-state index is 0.202. The number of hydrogen-bond acceptors (Lipinski definition) is 8. The van der Waals surface area contributed by atoms with Crippen molar-refractivity contribution in [3.63, 3.8) is 0 Å². The zero-order valence-electron chi connectivity index (χ0n) is 22.6. The predicted molar refractivity (Wildman–Crippen MR) is 143 cm³/mol. The molecule has 12 heteroatoms. The smallest absolute Gasteiger partial charge is 0.222 e. The molecule has 6 rings (SSSR count). The maximum absolute atomic E-state index is 13.2. The molecule has 0 aliphatic carbocycles. The van der Waals surface area contributed by atoms with Crippen LogP contribution >= 0.6 is 0 Å². The average molecular weight is 526 g/mol. The first-order chi connectivity index (χ1) is 18.9. The van der Waals surface area contributed by atoms with E-state index >= 15 is 0 Å². The number of fused-ring (bicyclic) bond motifs is 1. The highest BCUT2D eigenvalue weighted by molar-refractivity contribution is 5.76. The first-order valence-corrected chi connectivity index (χ1v) is 13.2. The summed E-state index contributed by atoms with van der Waals surface area (Å²) in [6.07, 6.45) is 3.10. The molecule has 4 aromatic heterocycles. The number of aromatic nitrogens is 10. The lowest BCUT2D eigenvalue weighted by Gasteiger charge is -2.17. The Hall–Kier alpha value is -4.48. The molecule has 1 fully saturated rings. The van der Waals surface area contributed by atoms with Crippen LogP contribution in [0.2, 0.25) is 0 Å². The van der Waals surface area contributed by atoms with Gasteiger partial charge in [-0.05, 0) is 93.0 Å². The van der Waals surface area contributed by atoms with Crippen molar-refractivity contribution in [2.75, 3.05) is 13.1 Å². The summed E-state index contributed by atoms with van der Waals surface area (Å²) in [5.74, 6) is 2.68. The number of carbonyl (C=O) groups excluding carboxylic acids is 1. The number of likely N-dealkylation sites (tertiary alicyclic amines) is 1. The van der Waals surface area contributed by atoms with Gasteiger partial charge < -0.3 is 4.90 Å². The summed E-state index contributed by atoms with van der Waals surface area (Å²) in [6, 6.07) is 10.1. The second-order valence-corrected chi connectivity index (χ2v) is 10.3. The van der Waals surface area contributed by atoms with Gasteiger partial charge in [0.05, 0.1) is 5.69 Å². The topological polar surface area (TPSA) is 136 Å². The minimum Gasteiger partial charge on any atom is -0.342 e. The Morgan fingerprint density at radius 2 is 1.92 bits per heavy atom. The second kappa shape index (κ2) is 10.0. The van der Waals surface area contributed by atoms with Crippen LogP contribution in [0.15, 0.2) is 30.3 Å². The minimum atomic E-state index is 0.202. The van der Waals surface area contributed by atoms with Crippen molar-refractivity contribution in [2.45, 2.75) is 53.4 Å². The van der Waals surface area contributed by atoms with Crippen molar-refractivity contribution in [3.8, 4) is 17.2 Å². The van der Waals surface area contributed by atoms with Crippen molar-refractivity contribution >= 4 is 11.6 Å². The molecular weight excluding hydrogens is 494 g/mol. The number of carbonyl (C=O) groups is 1. The van der Waals surface area contributed by atoms with Crippen molar-refractivity contribution in [2.24, 2.45) is 5.92 Å². The standard InChI is InChI=1S/C27H31N11O/c1-16-13-22(27-30-34-35-31-27)6-5-21(16)14-20-11-12-36(15-20)26(39)10-7-23-17(2)32-37(18(23)3)25-9-8-24-29-28-19(4)38(24)33-25/h5-6,8-9,13,20H,7,10-12,14-15H2,1-4H3,(H,30,31,34,35). The quantitative estimate of drug-likeness (QED) is 0.343. The summed E-state index contributed by atoms with van der Waals surface area (Å²) in [5.41, 5.74) is 7.17. The van der Waals surface area contributed by atoms with Gasteiger partial charge in [0.2, 0.25) is 11.7 Å². The highest BCUT2D eigenvalue weighted by Crippen LogP contribution is 2.26. The molecule has 1 aliphatic rings. The van der Waals surface area contributed by atoms with Gasteiger partial charge in [-0.25, -0.2) is 4.68 Å². The van der Waals surface area contributed by atoms with Crippen LogP contribution in [0.4, 0.5) is 0 Å². The predicted octanol–water partition coefficient (Wildman–Crippen LogP) is 2.75. The van der Waals surface area contributed by atoms with Gasteiger partial charge >= 0.3 is 0 Å². The lowest BCUT2D eigenvalue weighted by atomic mass is 9.94. The van der Waals surface area contributed by atoms with Crippen LogP contribution in [-0.4, -0.2) is 74.1 Å². The molecule has 0 radical (unpaired) electrons. The third-order valence-electron chi connectivity index (χ3n) is 7.74. The van der Waals surface area contributed by atoms with Gasteiger partial charge in [0, 0.05) is 30.8 Å². The number of benzene rings is 1. The molecule has 1 amide bonds. The number of nitrogens with one attached hydrogen (secondary N) is 1. The Kier molecular flexibility index (Phi) is 6.37. The zero-order valence-corrected chi connectivity index (χ0v) is 22.6. The lowest BCUT2D eigenvalue weighted by molar-refractivity contribution is -0.130. The van der Waals surface area contributed by atoms with E-state index in [1.54, 1.807) is 4.52 Å². The molecular formula is C27H31N11O. The summed E-state index contributed by atoms with van der Waals surface area (Å²) < 4.78 is 3.55. The fourth-order valence-corrected chi connectivity index (χ4v) is 5.53. The molecule has 1 aromatic carbocycles. The van der Waals surface area contributed by atoms with Crippen LogP contribution in [0.5, 0.6) is 0 Å². The number of aromatic amines is 1. The number of hydrogen-bond donors (Lipinski definition) is 1. The molecule has 1 aliphatic heterocycles. The molecule has 0 spiro atoms. The maximum Gasteiger partial charge on any atom is 0.222 e. The third kappa shape index (κ3) is 4.77. The van der Waals surface area contributed by atoms with Crippen molar-refractivity contribution in [1.82, 2.24) is 55.1 Å². The number of amides is 1. The van der Waals surface area contributed by atoms with Gasteiger partial charge in [-0.1, -0.05) is 12.1 Å². The number of aryl methyl sites for hydroxylation is 3. The van der Waals surface area contributed by atoms with E-state index in [1.165, 1.54) is 11.1 Å². The van der Waals surface area contributed by atoms with E-state index in [1.807, 2.05) is 48.6 Å². The van der Waals surface area contributed by atoms with E-state index in [9.17, 15) is 4.79 Å². The lowest BCUT2D eigenvalue weighted by Crippen LogP contribution is -2.29. The van der Waals surface area contributed by atoms with Gasteiger partial charge in [0.1, 0.15) is 0 Å². The largest absolute Gasteiger partial charge is 0.342 e. The summed E-state index contributed by atoms with van der Waals surface area (Å²) in [6.45, 7) is 9.61. The molecule has 1 N–H and O–H groups in total. The van der Waals surface area contributed by atoms with Crippen LogP contribution in [0.3, 0.4) is 0 Å². The first-order valence-electron chi connectivity index (χ1n) is 13.2. The van der Waals surface area contributed by atoms with E-state index in [2.05, 4.69) is 55.0 Å². The molecule has 5 aromatic rings. The summed E-state index contributed by atoms with van der Waals surface area (Å²) >= 11 is 0. The van der Waals surface area contributed by atoms with E-state index in [0.29, 0.717) is 36.0 Å². The Bertz CT molecular complexity index is 1650. The Balaban J connectivity index is 1.08. The number of rotatable bonds is 7. The molecule has 0 bridgehead atoms. The molecule has 0 saturated carbocycles. The monoisotopic (exact) mass is 525 g/mol. The van der Waals surface area contributed by atoms with Crippen LogP contribution in [0, 0.1) is 33.6 Å². The molecule has 200 valence electrons. The van der Waals surface area contributed by atoms with Crippen molar-refractivity contribution in [3.05, 3.63) is 64.2 Å². The molecule has 1 unspecified atom stereocenters. The zero-order chi connectivity index (χ0) is 27.1. The molecule has 1 saturated heterocycles. The van der Waals surface area contributed by atoms with Crippen molar-refractivity contribution < 1.29 is 4.79 Å². The normalized spacial score (nSPS) is 15.5. The molecule has 5 heterocycles. The third-order valence-corrected chi connectivity index (χ3v) is 7.74. The summed E-state index contributed by atoms with van der Waals surface area (Å²) in [5, 5.41) is 31.8. The molecule has 39 heavy (non-hydrogen) atoms. The van der Waals surface area contributed by atoms with Gasteiger partial charge in [0.15, 0.2) is 17.3 Å². The Morgan fingerprint density at radius 1 is 1.05 bits per heavy atom. The van der Waals surface area contributed by atoms with E-state index < -0.39 is 0 Å².